The zero-order valence-corrected chi connectivity index (χ0v) is 14.0. The van der Waals surface area contributed by atoms with Crippen LogP contribution >= 0.6 is 11.3 Å². The molecule has 2 aromatic heterocycles. The molecule has 2 rings (SSSR count). The Bertz CT molecular complexity index is 780. The average Bonchev–Trinajstić information content (AvgIpc) is 3.07. The number of hydrogen-bond donors (Lipinski definition) is 1. The standard InChI is InChI=1S/C11H15N5O4S2/c1-6-5-8(15-20-6)12-9(17)7(2)22(18,19)11-14-13-10(21-11)16(3)4/h5,7H,1-4H3,(H,12,15,17)/t7-/m0/s1. The first-order valence-electron chi connectivity index (χ1n) is 6.20. The number of nitrogens with one attached hydrogen (secondary N) is 1. The first-order chi connectivity index (χ1) is 10.2. The molecule has 0 radical (unpaired) electrons. The van der Waals surface area contributed by atoms with Crippen LogP contribution in [0.1, 0.15) is 12.7 Å². The van der Waals surface area contributed by atoms with Gasteiger partial charge in [-0.15, -0.1) is 10.2 Å². The molecule has 2 aromatic rings. The van der Waals surface area contributed by atoms with Gasteiger partial charge in [0.25, 0.3) is 0 Å². The summed E-state index contributed by atoms with van der Waals surface area (Å²) in [6.45, 7) is 2.95. The van der Waals surface area contributed by atoms with Gasteiger partial charge in [0.15, 0.2) is 5.82 Å². The molecule has 120 valence electrons. The van der Waals surface area contributed by atoms with Crippen molar-refractivity contribution < 1.29 is 17.7 Å². The second kappa shape index (κ2) is 6.01. The summed E-state index contributed by atoms with van der Waals surface area (Å²) < 4.78 is 29.4. The number of amides is 1. The molecule has 0 aliphatic rings. The van der Waals surface area contributed by atoms with Gasteiger partial charge in [0.1, 0.15) is 11.0 Å². The maximum absolute atomic E-state index is 12.4. The number of sulfone groups is 1. The van der Waals surface area contributed by atoms with Gasteiger partial charge in [-0.3, -0.25) is 4.79 Å². The normalized spacial score (nSPS) is 12.9. The molecule has 1 N–H and O–H groups in total. The fourth-order valence-electron chi connectivity index (χ4n) is 1.44. The molecular weight excluding hydrogens is 330 g/mol. The molecule has 0 bridgehead atoms. The van der Waals surface area contributed by atoms with Gasteiger partial charge >= 0.3 is 0 Å². The van der Waals surface area contributed by atoms with E-state index < -0.39 is 21.0 Å². The van der Waals surface area contributed by atoms with Crippen molar-refractivity contribution in [3.05, 3.63) is 11.8 Å². The largest absolute Gasteiger partial charge is 0.360 e. The lowest BCUT2D eigenvalue weighted by atomic mass is 10.4. The Morgan fingerprint density at radius 2 is 2.09 bits per heavy atom. The van der Waals surface area contributed by atoms with Crippen molar-refractivity contribution in [1.82, 2.24) is 15.4 Å². The third kappa shape index (κ3) is 3.25. The smallest absolute Gasteiger partial charge is 0.244 e. The molecule has 0 aromatic carbocycles. The first kappa shape index (κ1) is 16.4. The topological polar surface area (TPSA) is 118 Å². The highest BCUT2D eigenvalue weighted by Crippen LogP contribution is 2.25. The molecule has 1 amide bonds. The molecule has 0 aliphatic heterocycles. The minimum atomic E-state index is -3.92. The molecule has 11 heteroatoms. The Morgan fingerprint density at radius 1 is 1.41 bits per heavy atom. The molecule has 9 nitrogen and oxygen atoms in total. The Morgan fingerprint density at radius 3 is 2.59 bits per heavy atom. The van der Waals surface area contributed by atoms with E-state index in [1.165, 1.54) is 13.0 Å². The van der Waals surface area contributed by atoms with Crippen LogP contribution in [-0.4, -0.2) is 49.0 Å². The minimum Gasteiger partial charge on any atom is -0.360 e. The van der Waals surface area contributed by atoms with Crippen LogP contribution in [0.4, 0.5) is 10.9 Å². The lowest BCUT2D eigenvalue weighted by molar-refractivity contribution is -0.115. The maximum Gasteiger partial charge on any atom is 0.244 e. The molecule has 0 saturated heterocycles. The minimum absolute atomic E-state index is 0.163. The average molecular weight is 345 g/mol. The Kier molecular flexibility index (Phi) is 4.47. The van der Waals surface area contributed by atoms with E-state index in [-0.39, 0.29) is 10.2 Å². The van der Waals surface area contributed by atoms with E-state index in [4.69, 9.17) is 4.52 Å². The number of carbonyl (C=O) groups excluding carboxylic acids is 1. The second-order valence-electron chi connectivity index (χ2n) is 4.74. The summed E-state index contributed by atoms with van der Waals surface area (Å²) in [6, 6.07) is 1.49. The Hall–Kier alpha value is -2.01. The highest BCUT2D eigenvalue weighted by Gasteiger charge is 2.33. The number of hydrogen-bond acceptors (Lipinski definition) is 9. The van der Waals surface area contributed by atoms with Crippen LogP contribution in [0.2, 0.25) is 0 Å². The van der Waals surface area contributed by atoms with E-state index >= 15 is 0 Å². The van der Waals surface area contributed by atoms with Crippen LogP contribution in [0.15, 0.2) is 14.9 Å². The van der Waals surface area contributed by atoms with Crippen LogP contribution in [-0.2, 0) is 14.6 Å². The van der Waals surface area contributed by atoms with Gasteiger partial charge in [-0.05, 0) is 13.8 Å². The molecule has 0 fully saturated rings. The number of anilines is 2. The van der Waals surface area contributed by atoms with Crippen LogP contribution in [0.3, 0.4) is 0 Å². The van der Waals surface area contributed by atoms with Crippen molar-refractivity contribution >= 4 is 38.0 Å². The summed E-state index contributed by atoms with van der Waals surface area (Å²) in [5.41, 5.74) is 0. The molecule has 0 unspecified atom stereocenters. The van der Waals surface area contributed by atoms with E-state index in [1.54, 1.807) is 25.9 Å². The summed E-state index contributed by atoms with van der Waals surface area (Å²) >= 11 is 0.906. The predicted octanol–water partition coefficient (Wildman–Crippen LogP) is 0.701. The van der Waals surface area contributed by atoms with Gasteiger partial charge in [-0.1, -0.05) is 16.5 Å². The van der Waals surface area contributed by atoms with Crippen molar-refractivity contribution in [3.8, 4) is 0 Å². The summed E-state index contributed by atoms with van der Waals surface area (Å²) in [4.78, 5) is 13.7. The van der Waals surface area contributed by atoms with Crippen LogP contribution in [0.25, 0.3) is 0 Å². The molecule has 1 atom stereocenters. The van der Waals surface area contributed by atoms with Crippen molar-refractivity contribution in [2.75, 3.05) is 24.3 Å². The molecule has 2 heterocycles. The Labute approximate surface area is 131 Å². The van der Waals surface area contributed by atoms with E-state index in [0.717, 1.165) is 11.3 Å². The summed E-state index contributed by atoms with van der Waals surface area (Å²) in [5.74, 6) is -0.0451. The monoisotopic (exact) mass is 345 g/mol. The summed E-state index contributed by atoms with van der Waals surface area (Å²) in [6.07, 6.45) is 0. The molecule has 22 heavy (non-hydrogen) atoms. The highest BCUT2D eigenvalue weighted by molar-refractivity contribution is 7.94. The van der Waals surface area contributed by atoms with Gasteiger partial charge in [0.05, 0.1) is 0 Å². The zero-order chi connectivity index (χ0) is 16.5. The van der Waals surface area contributed by atoms with Crippen LogP contribution in [0, 0.1) is 6.92 Å². The number of aromatic nitrogens is 3. The summed E-state index contributed by atoms with van der Waals surface area (Å²) in [7, 11) is -0.472. The van der Waals surface area contributed by atoms with E-state index in [9.17, 15) is 13.2 Å². The van der Waals surface area contributed by atoms with Gasteiger partial charge in [-0.25, -0.2) is 8.42 Å². The van der Waals surface area contributed by atoms with Gasteiger partial charge in [0.2, 0.25) is 25.2 Å². The van der Waals surface area contributed by atoms with Crippen molar-refractivity contribution in [1.29, 1.82) is 0 Å². The van der Waals surface area contributed by atoms with Crippen LogP contribution in [0.5, 0.6) is 0 Å². The van der Waals surface area contributed by atoms with Gasteiger partial charge in [0, 0.05) is 20.2 Å². The second-order valence-corrected chi connectivity index (χ2v) is 8.14. The van der Waals surface area contributed by atoms with E-state index in [1.807, 2.05) is 0 Å². The molecule has 0 spiro atoms. The van der Waals surface area contributed by atoms with Crippen molar-refractivity contribution in [2.45, 2.75) is 23.4 Å². The number of aryl methyl sites for hydroxylation is 1. The summed E-state index contributed by atoms with van der Waals surface area (Å²) in [5, 5.41) is 12.5. The lowest BCUT2D eigenvalue weighted by Crippen LogP contribution is -2.32. The highest BCUT2D eigenvalue weighted by atomic mass is 32.2. The van der Waals surface area contributed by atoms with Gasteiger partial charge in [-0.2, -0.15) is 0 Å². The Balaban J connectivity index is 2.18. The SMILES string of the molecule is Cc1cc(NC(=O)[C@H](C)S(=O)(=O)c2nnc(N(C)C)s2)no1. The fraction of sp³-hybridized carbons (Fsp3) is 0.455. The van der Waals surface area contributed by atoms with E-state index in [2.05, 4.69) is 20.7 Å². The zero-order valence-electron chi connectivity index (χ0n) is 12.4. The number of rotatable bonds is 5. The van der Waals surface area contributed by atoms with Crippen molar-refractivity contribution in [2.24, 2.45) is 0 Å². The number of nitrogens with zero attached hydrogens (tertiary/aromatic N) is 4. The predicted molar refractivity (Wildman–Crippen MR) is 80.8 cm³/mol. The third-order valence-corrected chi connectivity index (χ3v) is 6.28. The molecular formula is C11H15N5O4S2. The lowest BCUT2D eigenvalue weighted by Gasteiger charge is -2.09. The van der Waals surface area contributed by atoms with Crippen LogP contribution < -0.4 is 10.2 Å². The van der Waals surface area contributed by atoms with Crippen molar-refractivity contribution in [3.63, 3.8) is 0 Å². The molecule has 0 aliphatic carbocycles. The van der Waals surface area contributed by atoms with Gasteiger partial charge < -0.3 is 14.7 Å². The van der Waals surface area contributed by atoms with E-state index in [0.29, 0.717) is 10.9 Å². The first-order valence-corrected chi connectivity index (χ1v) is 8.57. The number of carbonyl (C=O) groups is 1. The quantitative estimate of drug-likeness (QED) is 0.841. The third-order valence-electron chi connectivity index (χ3n) is 2.74. The molecule has 0 saturated carbocycles. The maximum atomic E-state index is 12.4. The fourth-order valence-corrected chi connectivity index (χ4v) is 3.86.